The fourth-order valence-corrected chi connectivity index (χ4v) is 4.06. The van der Waals surface area contributed by atoms with Gasteiger partial charge in [-0.05, 0) is 31.7 Å². The van der Waals surface area contributed by atoms with Crippen LogP contribution in [0.3, 0.4) is 0 Å². The monoisotopic (exact) mass is 372 g/mol. The van der Waals surface area contributed by atoms with Crippen LogP contribution in [0.15, 0.2) is 35.5 Å². The highest BCUT2D eigenvalue weighted by atomic mass is 32.2. The molecule has 1 saturated heterocycles. The number of amides is 2. The summed E-state index contributed by atoms with van der Waals surface area (Å²) in [5.41, 5.74) is 8.64. The van der Waals surface area contributed by atoms with Crippen molar-refractivity contribution < 1.29 is 9.59 Å². The van der Waals surface area contributed by atoms with E-state index in [-0.39, 0.29) is 11.7 Å². The van der Waals surface area contributed by atoms with E-state index in [1.807, 2.05) is 25.1 Å². The number of carbonyl (C=O) groups is 2. The molecule has 1 aromatic carbocycles. The Balaban J connectivity index is 1.60. The number of nitrogens with two attached hydrogens (primary N) is 1. The summed E-state index contributed by atoms with van der Waals surface area (Å²) in [4.78, 5) is 33.6. The molecular formula is C19H24N4O2S. The van der Waals surface area contributed by atoms with Crippen LogP contribution >= 0.6 is 11.8 Å². The van der Waals surface area contributed by atoms with Gasteiger partial charge in [0.25, 0.3) is 0 Å². The lowest BCUT2D eigenvalue weighted by Crippen LogP contribution is -2.51. The van der Waals surface area contributed by atoms with E-state index in [0.717, 1.165) is 35.8 Å². The van der Waals surface area contributed by atoms with E-state index in [2.05, 4.69) is 22.1 Å². The highest BCUT2D eigenvalue weighted by molar-refractivity contribution is 7.99. The van der Waals surface area contributed by atoms with Crippen molar-refractivity contribution in [2.24, 2.45) is 5.73 Å². The molecule has 7 heteroatoms. The first-order valence-corrected chi connectivity index (χ1v) is 9.84. The van der Waals surface area contributed by atoms with E-state index in [1.165, 1.54) is 17.3 Å². The van der Waals surface area contributed by atoms with Crippen LogP contribution in [-0.2, 0) is 16.0 Å². The zero-order valence-corrected chi connectivity index (χ0v) is 15.7. The van der Waals surface area contributed by atoms with Gasteiger partial charge in [0.15, 0.2) is 5.16 Å². The zero-order valence-electron chi connectivity index (χ0n) is 14.9. The van der Waals surface area contributed by atoms with Crippen molar-refractivity contribution in [3.05, 3.63) is 47.3 Å². The molecular weight excluding hydrogens is 348 g/mol. The number of aryl methyl sites for hydroxylation is 1. The van der Waals surface area contributed by atoms with E-state index < -0.39 is 11.9 Å². The number of nitrogens with one attached hydrogen (secondary N) is 1. The molecule has 1 aliphatic rings. The van der Waals surface area contributed by atoms with Crippen molar-refractivity contribution >= 4 is 23.6 Å². The van der Waals surface area contributed by atoms with Gasteiger partial charge in [-0.3, -0.25) is 9.59 Å². The molecule has 1 aromatic heterocycles. The number of likely N-dealkylation sites (tertiary alicyclic amines) is 1. The molecule has 1 fully saturated rings. The van der Waals surface area contributed by atoms with Crippen LogP contribution < -0.4 is 5.73 Å². The Kier molecular flexibility index (Phi) is 5.98. The molecule has 1 atom stereocenters. The number of piperidine rings is 1. The average molecular weight is 372 g/mol. The number of hydrogen-bond donors (Lipinski definition) is 2. The number of hydrogen-bond acceptors (Lipinski definition) is 4. The summed E-state index contributed by atoms with van der Waals surface area (Å²) in [7, 11) is 0. The van der Waals surface area contributed by atoms with Gasteiger partial charge >= 0.3 is 0 Å². The second-order valence-electron chi connectivity index (χ2n) is 6.57. The van der Waals surface area contributed by atoms with Gasteiger partial charge in [0.2, 0.25) is 11.8 Å². The molecule has 0 bridgehead atoms. The number of aromatic amines is 1. The fourth-order valence-electron chi connectivity index (χ4n) is 3.24. The van der Waals surface area contributed by atoms with Gasteiger partial charge in [-0.1, -0.05) is 42.1 Å². The van der Waals surface area contributed by atoms with Gasteiger partial charge in [0.05, 0.1) is 11.4 Å². The van der Waals surface area contributed by atoms with E-state index in [0.29, 0.717) is 13.0 Å². The van der Waals surface area contributed by atoms with Crippen LogP contribution in [0, 0.1) is 6.92 Å². The van der Waals surface area contributed by atoms with E-state index in [1.54, 1.807) is 4.90 Å². The number of benzene rings is 1. The van der Waals surface area contributed by atoms with Crippen molar-refractivity contribution in [1.29, 1.82) is 0 Å². The molecule has 0 radical (unpaired) electrons. The van der Waals surface area contributed by atoms with Crippen molar-refractivity contribution in [1.82, 2.24) is 14.9 Å². The van der Waals surface area contributed by atoms with Gasteiger partial charge in [0.1, 0.15) is 6.04 Å². The van der Waals surface area contributed by atoms with Gasteiger partial charge in [0, 0.05) is 18.7 Å². The Morgan fingerprint density at radius 3 is 2.81 bits per heavy atom. The highest BCUT2D eigenvalue weighted by Gasteiger charge is 2.30. The van der Waals surface area contributed by atoms with Gasteiger partial charge in [-0.25, -0.2) is 4.98 Å². The molecule has 2 heterocycles. The summed E-state index contributed by atoms with van der Waals surface area (Å²) >= 11 is 1.37. The Morgan fingerprint density at radius 2 is 2.08 bits per heavy atom. The topological polar surface area (TPSA) is 92.1 Å². The maximum Gasteiger partial charge on any atom is 0.240 e. The molecule has 0 saturated carbocycles. The third-order valence-electron chi connectivity index (χ3n) is 4.66. The summed E-state index contributed by atoms with van der Waals surface area (Å²) in [6, 6.07) is 9.70. The van der Waals surface area contributed by atoms with Crippen LogP contribution in [-0.4, -0.2) is 45.0 Å². The second kappa shape index (κ2) is 8.40. The minimum absolute atomic E-state index is 0.0582. The third-order valence-corrected chi connectivity index (χ3v) is 5.52. The lowest BCUT2D eigenvalue weighted by Gasteiger charge is -2.33. The molecule has 138 valence electrons. The Bertz CT molecular complexity index is 775. The zero-order chi connectivity index (χ0) is 18.5. The predicted octanol–water partition coefficient (Wildman–Crippen LogP) is 2.27. The Labute approximate surface area is 157 Å². The minimum Gasteiger partial charge on any atom is -0.368 e. The largest absolute Gasteiger partial charge is 0.368 e. The molecule has 26 heavy (non-hydrogen) atoms. The molecule has 2 aromatic rings. The van der Waals surface area contributed by atoms with Crippen LogP contribution in [0.4, 0.5) is 0 Å². The quantitative estimate of drug-likeness (QED) is 0.761. The number of H-pyrrole nitrogens is 1. The smallest absolute Gasteiger partial charge is 0.240 e. The van der Waals surface area contributed by atoms with Crippen LogP contribution in [0.1, 0.15) is 36.2 Å². The van der Waals surface area contributed by atoms with Crippen molar-refractivity contribution in [2.75, 3.05) is 12.3 Å². The Hall–Kier alpha value is -2.28. The summed E-state index contributed by atoms with van der Waals surface area (Å²) in [6.45, 7) is 2.59. The lowest BCUT2D eigenvalue weighted by atomic mass is 10.0. The number of aromatic nitrogens is 2. The Morgan fingerprint density at radius 1 is 1.31 bits per heavy atom. The van der Waals surface area contributed by atoms with Crippen molar-refractivity contribution in [3.8, 4) is 0 Å². The van der Waals surface area contributed by atoms with Crippen molar-refractivity contribution in [2.45, 2.75) is 43.8 Å². The van der Waals surface area contributed by atoms with Gasteiger partial charge in [-0.15, -0.1) is 0 Å². The molecule has 2 amide bonds. The van der Waals surface area contributed by atoms with E-state index in [4.69, 9.17) is 5.73 Å². The van der Waals surface area contributed by atoms with E-state index >= 15 is 0 Å². The molecule has 6 nitrogen and oxygen atoms in total. The number of primary amides is 1. The third kappa shape index (κ3) is 4.46. The molecule has 3 rings (SSSR count). The molecule has 0 spiro atoms. The molecule has 1 unspecified atom stereocenters. The first kappa shape index (κ1) is 18.5. The average Bonchev–Trinajstić information content (AvgIpc) is 3.00. The number of thioether (sulfide) groups is 1. The highest BCUT2D eigenvalue weighted by Crippen LogP contribution is 2.22. The number of carbonyl (C=O) groups excluding carboxylic acids is 2. The maximum absolute atomic E-state index is 12.5. The maximum atomic E-state index is 12.5. The molecule has 0 aliphatic carbocycles. The lowest BCUT2D eigenvalue weighted by molar-refractivity contribution is -0.138. The van der Waals surface area contributed by atoms with E-state index in [9.17, 15) is 9.59 Å². The summed E-state index contributed by atoms with van der Waals surface area (Å²) < 4.78 is 0. The van der Waals surface area contributed by atoms with Crippen LogP contribution in [0.2, 0.25) is 0 Å². The van der Waals surface area contributed by atoms with Crippen LogP contribution in [0.25, 0.3) is 0 Å². The summed E-state index contributed by atoms with van der Waals surface area (Å²) in [5.74, 6) is -0.221. The van der Waals surface area contributed by atoms with Crippen molar-refractivity contribution in [3.63, 3.8) is 0 Å². The first-order chi connectivity index (χ1) is 12.5. The molecule has 1 aliphatic heterocycles. The standard InChI is InChI=1S/C19H24N4O2S/c1-13-15(11-14-7-3-2-4-8-14)22-19(21-13)26-12-17(24)23-10-6-5-9-16(23)18(20)25/h2-4,7-8,16H,5-6,9-12H2,1H3,(H2,20,25)(H,21,22). The normalized spacial score (nSPS) is 17.3. The fraction of sp³-hybridized carbons (Fsp3) is 0.421. The van der Waals surface area contributed by atoms with Gasteiger partial charge < -0.3 is 15.6 Å². The van der Waals surface area contributed by atoms with Gasteiger partial charge in [-0.2, -0.15) is 0 Å². The summed E-state index contributed by atoms with van der Waals surface area (Å²) in [5, 5.41) is 0.731. The SMILES string of the molecule is Cc1[nH]c(SCC(=O)N2CCCCC2C(N)=O)nc1Cc1ccccc1. The molecule has 3 N–H and O–H groups in total. The predicted molar refractivity (Wildman–Crippen MR) is 102 cm³/mol. The van der Waals surface area contributed by atoms with Crippen LogP contribution in [0.5, 0.6) is 0 Å². The second-order valence-corrected chi connectivity index (χ2v) is 7.53. The number of imidazole rings is 1. The minimum atomic E-state index is -0.469. The summed E-state index contributed by atoms with van der Waals surface area (Å²) in [6.07, 6.45) is 3.27. The number of rotatable bonds is 6. The first-order valence-electron chi connectivity index (χ1n) is 8.85. The number of nitrogens with zero attached hydrogens (tertiary/aromatic N) is 2.